The fourth-order valence-corrected chi connectivity index (χ4v) is 1.67. The van der Waals surface area contributed by atoms with Crippen LogP contribution in [0.4, 0.5) is 11.4 Å². The van der Waals surface area contributed by atoms with Gasteiger partial charge in [-0.15, -0.1) is 5.11 Å². The van der Waals surface area contributed by atoms with Crippen LogP contribution in [-0.4, -0.2) is 0 Å². The van der Waals surface area contributed by atoms with Crippen LogP contribution in [0.1, 0.15) is 11.1 Å². The highest BCUT2D eigenvalue weighted by Gasteiger charge is 1.93. The van der Waals surface area contributed by atoms with Gasteiger partial charge in [-0.1, -0.05) is 29.5 Å². The molecule has 2 aromatic carbocycles. The van der Waals surface area contributed by atoms with Crippen LogP contribution < -0.4 is 5.43 Å². The summed E-state index contributed by atoms with van der Waals surface area (Å²) in [6.07, 6.45) is 0. The van der Waals surface area contributed by atoms with Crippen LogP contribution in [0.2, 0.25) is 0 Å². The molecule has 0 bridgehead atoms. The molecule has 0 heterocycles. The third-order valence-electron chi connectivity index (χ3n) is 2.32. The normalized spacial score (nSPS) is 10.7. The molecule has 86 valence electrons. The third kappa shape index (κ3) is 3.41. The molecule has 0 aromatic heterocycles. The number of nitrogens with one attached hydrogen (secondary N) is 1. The summed E-state index contributed by atoms with van der Waals surface area (Å²) in [5, 5.41) is 8.04. The van der Waals surface area contributed by atoms with Gasteiger partial charge in [-0.3, -0.25) is 5.43 Å². The van der Waals surface area contributed by atoms with Crippen molar-refractivity contribution < 1.29 is 0 Å². The van der Waals surface area contributed by atoms with Gasteiger partial charge in [0.15, 0.2) is 0 Å². The van der Waals surface area contributed by atoms with Gasteiger partial charge in [0.05, 0.1) is 11.4 Å². The first-order valence-corrected chi connectivity index (χ1v) is 5.54. The first-order chi connectivity index (χ1) is 8.24. The van der Waals surface area contributed by atoms with Gasteiger partial charge in [-0.05, 0) is 49.2 Å². The van der Waals surface area contributed by atoms with Crippen molar-refractivity contribution in [2.75, 3.05) is 5.43 Å². The second kappa shape index (κ2) is 5.25. The molecular weight excluding hydrogens is 210 g/mol. The third-order valence-corrected chi connectivity index (χ3v) is 2.32. The molecular formula is C14H15N3. The van der Waals surface area contributed by atoms with Crippen LogP contribution in [0, 0.1) is 13.8 Å². The maximum absolute atomic E-state index is 4.07. The van der Waals surface area contributed by atoms with Crippen LogP contribution >= 0.6 is 0 Å². The number of nitrogens with zero attached hydrogens (tertiary/aromatic N) is 2. The Hall–Kier alpha value is -2.16. The van der Waals surface area contributed by atoms with E-state index in [1.165, 1.54) is 11.1 Å². The van der Waals surface area contributed by atoms with Crippen LogP contribution in [0.25, 0.3) is 0 Å². The Bertz CT molecular complexity index is 498. The molecule has 0 aliphatic carbocycles. The van der Waals surface area contributed by atoms with Crippen molar-refractivity contribution in [1.82, 2.24) is 0 Å². The van der Waals surface area contributed by atoms with Gasteiger partial charge in [0.2, 0.25) is 0 Å². The molecule has 0 aliphatic rings. The molecule has 3 nitrogen and oxygen atoms in total. The number of anilines is 1. The van der Waals surface area contributed by atoms with E-state index in [0.29, 0.717) is 0 Å². The lowest BCUT2D eigenvalue weighted by atomic mass is 10.1. The average molecular weight is 225 g/mol. The van der Waals surface area contributed by atoms with Crippen molar-refractivity contribution in [3.63, 3.8) is 0 Å². The van der Waals surface area contributed by atoms with Crippen LogP contribution in [0.5, 0.6) is 0 Å². The first kappa shape index (κ1) is 11.3. The van der Waals surface area contributed by atoms with E-state index in [-0.39, 0.29) is 0 Å². The van der Waals surface area contributed by atoms with Gasteiger partial charge >= 0.3 is 0 Å². The number of benzene rings is 2. The summed E-state index contributed by atoms with van der Waals surface area (Å²) in [5.74, 6) is 0. The molecule has 0 atom stereocenters. The van der Waals surface area contributed by atoms with Gasteiger partial charge in [0.25, 0.3) is 0 Å². The zero-order chi connectivity index (χ0) is 12.1. The predicted octanol–water partition coefficient (Wildman–Crippen LogP) is 4.41. The highest BCUT2D eigenvalue weighted by molar-refractivity contribution is 5.47. The van der Waals surface area contributed by atoms with Gasteiger partial charge in [0, 0.05) is 0 Å². The molecule has 3 heteroatoms. The molecule has 17 heavy (non-hydrogen) atoms. The average Bonchev–Trinajstić information content (AvgIpc) is 2.29. The van der Waals surface area contributed by atoms with Crippen molar-refractivity contribution in [3.05, 3.63) is 59.7 Å². The SMILES string of the molecule is Cc1cc(C)cc(NN=Nc2ccccc2)c1. The van der Waals surface area contributed by atoms with Crippen LogP contribution in [-0.2, 0) is 0 Å². The Balaban J connectivity index is 2.05. The Morgan fingerprint density at radius 2 is 1.53 bits per heavy atom. The molecule has 0 saturated heterocycles. The molecule has 2 rings (SSSR count). The number of aryl methyl sites for hydroxylation is 2. The van der Waals surface area contributed by atoms with Crippen molar-refractivity contribution in [2.45, 2.75) is 13.8 Å². The zero-order valence-corrected chi connectivity index (χ0v) is 10.0. The summed E-state index contributed by atoms with van der Waals surface area (Å²) in [7, 11) is 0. The van der Waals surface area contributed by atoms with E-state index in [1.807, 2.05) is 42.5 Å². The van der Waals surface area contributed by atoms with E-state index in [2.05, 4.69) is 35.7 Å². The van der Waals surface area contributed by atoms with E-state index < -0.39 is 0 Å². The highest BCUT2D eigenvalue weighted by atomic mass is 15.4. The quantitative estimate of drug-likeness (QED) is 0.609. The molecule has 0 radical (unpaired) electrons. The number of rotatable bonds is 3. The van der Waals surface area contributed by atoms with Crippen molar-refractivity contribution in [3.8, 4) is 0 Å². The summed E-state index contributed by atoms with van der Waals surface area (Å²) in [6, 6.07) is 15.8. The highest BCUT2D eigenvalue weighted by Crippen LogP contribution is 2.15. The van der Waals surface area contributed by atoms with Gasteiger partial charge in [-0.25, -0.2) is 0 Å². The summed E-state index contributed by atoms with van der Waals surface area (Å²) < 4.78 is 0. The Morgan fingerprint density at radius 1 is 0.882 bits per heavy atom. The van der Waals surface area contributed by atoms with Crippen LogP contribution in [0.15, 0.2) is 58.9 Å². The summed E-state index contributed by atoms with van der Waals surface area (Å²) >= 11 is 0. The monoisotopic (exact) mass is 225 g/mol. The van der Waals surface area contributed by atoms with E-state index in [9.17, 15) is 0 Å². The van der Waals surface area contributed by atoms with E-state index >= 15 is 0 Å². The minimum Gasteiger partial charge on any atom is -0.260 e. The fraction of sp³-hybridized carbons (Fsp3) is 0.143. The van der Waals surface area contributed by atoms with Crippen molar-refractivity contribution in [2.24, 2.45) is 10.3 Å². The molecule has 0 amide bonds. The molecule has 2 aromatic rings. The first-order valence-electron chi connectivity index (χ1n) is 5.54. The second-order valence-electron chi connectivity index (χ2n) is 4.02. The zero-order valence-electron chi connectivity index (χ0n) is 10.0. The maximum Gasteiger partial charge on any atom is 0.0874 e. The van der Waals surface area contributed by atoms with Crippen LogP contribution in [0.3, 0.4) is 0 Å². The lowest BCUT2D eigenvalue weighted by Gasteiger charge is -2.02. The van der Waals surface area contributed by atoms with E-state index in [4.69, 9.17) is 0 Å². The second-order valence-corrected chi connectivity index (χ2v) is 4.02. The molecule has 0 unspecified atom stereocenters. The van der Waals surface area contributed by atoms with E-state index in [0.717, 1.165) is 11.4 Å². The summed E-state index contributed by atoms with van der Waals surface area (Å²) in [4.78, 5) is 0. The topological polar surface area (TPSA) is 36.8 Å². The van der Waals surface area contributed by atoms with Crippen molar-refractivity contribution >= 4 is 11.4 Å². The maximum atomic E-state index is 4.07. The number of hydrogen-bond acceptors (Lipinski definition) is 2. The van der Waals surface area contributed by atoms with Gasteiger partial charge in [-0.2, -0.15) is 0 Å². The standard InChI is InChI=1S/C14H15N3/c1-11-8-12(2)10-14(9-11)16-17-15-13-6-4-3-5-7-13/h3-10H,1-2H3,(H,15,16). The minimum atomic E-state index is 0.837. The van der Waals surface area contributed by atoms with Gasteiger partial charge in [0.1, 0.15) is 0 Å². The molecule has 0 spiro atoms. The predicted molar refractivity (Wildman–Crippen MR) is 70.5 cm³/mol. The Labute approximate surface area is 101 Å². The smallest absolute Gasteiger partial charge is 0.0874 e. The Kier molecular flexibility index (Phi) is 3.50. The van der Waals surface area contributed by atoms with Crippen molar-refractivity contribution in [1.29, 1.82) is 0 Å². The number of hydrogen-bond donors (Lipinski definition) is 1. The summed E-state index contributed by atoms with van der Waals surface area (Å²) in [5.41, 5.74) is 7.15. The van der Waals surface area contributed by atoms with Gasteiger partial charge < -0.3 is 0 Å². The molecule has 0 aliphatic heterocycles. The fourth-order valence-electron chi connectivity index (χ4n) is 1.67. The molecule has 0 saturated carbocycles. The molecule has 0 fully saturated rings. The molecule has 1 N–H and O–H groups in total. The minimum absolute atomic E-state index is 0.837. The lowest BCUT2D eigenvalue weighted by Crippen LogP contribution is -1.88. The Morgan fingerprint density at radius 3 is 2.18 bits per heavy atom. The largest absolute Gasteiger partial charge is 0.260 e. The lowest BCUT2D eigenvalue weighted by molar-refractivity contribution is 1.13. The van der Waals surface area contributed by atoms with E-state index in [1.54, 1.807) is 0 Å². The summed E-state index contributed by atoms with van der Waals surface area (Å²) in [6.45, 7) is 4.12.